The first kappa shape index (κ1) is 22.5. The number of aryl methyl sites for hydroxylation is 2. The van der Waals surface area contributed by atoms with E-state index in [1.165, 1.54) is 17.1 Å². The molecule has 0 bridgehead atoms. The highest BCUT2D eigenvalue weighted by Crippen LogP contribution is 2.45. The summed E-state index contributed by atoms with van der Waals surface area (Å²) >= 11 is 3.93. The fourth-order valence-electron chi connectivity index (χ4n) is 3.54. The minimum atomic E-state index is -0.304. The Balaban J connectivity index is 1.31. The largest absolute Gasteiger partial charge is 0.484 e. The smallest absolute Gasteiger partial charge is 0.277 e. The quantitative estimate of drug-likeness (QED) is 0.400. The Bertz CT molecular complexity index is 1120. The zero-order chi connectivity index (χ0) is 22.5. The molecular weight excluding hydrogens is 440 g/mol. The van der Waals surface area contributed by atoms with Crippen LogP contribution in [0.1, 0.15) is 32.7 Å². The van der Waals surface area contributed by atoms with Gasteiger partial charge in [0.05, 0.1) is 10.8 Å². The molecule has 2 aromatic heterocycles. The van der Waals surface area contributed by atoms with Gasteiger partial charge in [0.25, 0.3) is 5.91 Å². The van der Waals surface area contributed by atoms with Crippen LogP contribution in [0.5, 0.6) is 5.75 Å². The maximum Gasteiger partial charge on any atom is 0.277 e. The second-order valence-electron chi connectivity index (χ2n) is 7.58. The summed E-state index contributed by atoms with van der Waals surface area (Å²) in [6, 6.07) is 14.0. The van der Waals surface area contributed by atoms with Crippen molar-refractivity contribution in [1.29, 1.82) is 0 Å². The predicted octanol–water partition coefficient (Wildman–Crippen LogP) is 4.81. The first-order valence-electron chi connectivity index (χ1n) is 10.4. The van der Waals surface area contributed by atoms with Crippen LogP contribution in [0, 0.1) is 20.8 Å². The zero-order valence-electron chi connectivity index (χ0n) is 18.4. The number of thioether (sulfide) groups is 2. The number of aromatic nitrogens is 2. The summed E-state index contributed by atoms with van der Waals surface area (Å²) in [5, 5.41) is 4.10. The van der Waals surface area contributed by atoms with Crippen LogP contribution >= 0.6 is 23.5 Å². The molecule has 0 saturated carbocycles. The van der Waals surface area contributed by atoms with Gasteiger partial charge in [-0.15, -0.1) is 23.5 Å². The lowest BCUT2D eigenvalue weighted by Crippen LogP contribution is -2.24. The summed E-state index contributed by atoms with van der Waals surface area (Å²) in [5.74, 6) is 3.63. The van der Waals surface area contributed by atoms with Crippen molar-refractivity contribution in [3.63, 3.8) is 0 Å². The number of benzene rings is 1. The molecule has 1 fully saturated rings. The Morgan fingerprint density at radius 3 is 2.66 bits per heavy atom. The van der Waals surface area contributed by atoms with Gasteiger partial charge in [-0.25, -0.2) is 10.4 Å². The fourth-order valence-corrected chi connectivity index (χ4v) is 6.40. The van der Waals surface area contributed by atoms with Gasteiger partial charge in [-0.2, -0.15) is 5.10 Å². The molecule has 0 aliphatic carbocycles. The third kappa shape index (κ3) is 5.37. The standard InChI is InChI=1S/C24H26N4O2S2/c1-16-8-9-25-22(12-16)28-17(2)13-20(18(28)3)14-26-27-23(29)15-30-21-6-4-19(5-7-21)24-31-10-11-32-24/h4-9,12-14,24H,10-11,15H2,1-3H3,(H,27,29)/b26-14-. The van der Waals surface area contributed by atoms with Crippen molar-refractivity contribution in [1.82, 2.24) is 15.0 Å². The minimum absolute atomic E-state index is 0.0875. The first-order chi connectivity index (χ1) is 15.5. The van der Waals surface area contributed by atoms with Gasteiger partial charge in [-0.3, -0.25) is 4.79 Å². The van der Waals surface area contributed by atoms with E-state index < -0.39 is 0 Å². The van der Waals surface area contributed by atoms with Gasteiger partial charge >= 0.3 is 0 Å². The third-order valence-electron chi connectivity index (χ3n) is 5.14. The highest BCUT2D eigenvalue weighted by molar-refractivity contribution is 8.19. The molecule has 166 valence electrons. The van der Waals surface area contributed by atoms with Crippen LogP contribution in [-0.2, 0) is 4.79 Å². The molecule has 6 nitrogen and oxygen atoms in total. The number of nitrogens with one attached hydrogen (secondary N) is 1. The molecule has 3 aromatic rings. The van der Waals surface area contributed by atoms with Gasteiger partial charge in [-0.05, 0) is 62.2 Å². The molecule has 0 unspecified atom stereocenters. The summed E-state index contributed by atoms with van der Waals surface area (Å²) < 4.78 is 8.17. The minimum Gasteiger partial charge on any atom is -0.484 e. The number of carbonyl (C=O) groups is 1. The molecule has 1 N–H and O–H groups in total. The second kappa shape index (κ2) is 10.3. The van der Waals surface area contributed by atoms with Gasteiger partial charge in [0.1, 0.15) is 11.6 Å². The molecule has 1 aliphatic heterocycles. The molecule has 4 rings (SSSR count). The lowest BCUT2D eigenvalue weighted by atomic mass is 10.2. The number of amides is 1. The van der Waals surface area contributed by atoms with Crippen LogP contribution in [0.2, 0.25) is 0 Å². The van der Waals surface area contributed by atoms with Gasteiger partial charge in [-0.1, -0.05) is 12.1 Å². The lowest BCUT2D eigenvalue weighted by Gasteiger charge is -2.10. The van der Waals surface area contributed by atoms with Crippen molar-refractivity contribution < 1.29 is 9.53 Å². The van der Waals surface area contributed by atoms with Crippen molar-refractivity contribution in [3.8, 4) is 11.6 Å². The van der Waals surface area contributed by atoms with Crippen LogP contribution in [-0.4, -0.2) is 39.8 Å². The molecule has 1 saturated heterocycles. The number of rotatable bonds is 7. The van der Waals surface area contributed by atoms with Crippen molar-refractivity contribution in [3.05, 3.63) is 76.7 Å². The van der Waals surface area contributed by atoms with E-state index in [4.69, 9.17) is 4.74 Å². The molecule has 0 spiro atoms. The van der Waals surface area contributed by atoms with Crippen LogP contribution in [0.25, 0.3) is 5.82 Å². The van der Waals surface area contributed by atoms with Gasteiger partial charge < -0.3 is 9.30 Å². The molecule has 1 aliphatic rings. The highest BCUT2D eigenvalue weighted by Gasteiger charge is 2.18. The number of pyridine rings is 1. The van der Waals surface area contributed by atoms with E-state index in [2.05, 4.69) is 32.2 Å². The molecule has 1 amide bonds. The van der Waals surface area contributed by atoms with Crippen molar-refractivity contribution in [2.75, 3.05) is 18.1 Å². The maximum absolute atomic E-state index is 12.1. The number of ether oxygens (including phenoxy) is 1. The van der Waals surface area contributed by atoms with E-state index in [-0.39, 0.29) is 12.5 Å². The molecule has 0 radical (unpaired) electrons. The number of nitrogens with zero attached hydrogens (tertiary/aromatic N) is 3. The fraction of sp³-hybridized carbons (Fsp3) is 0.292. The third-order valence-corrected chi connectivity index (χ3v) is 8.24. The Kier molecular flexibility index (Phi) is 7.22. The van der Waals surface area contributed by atoms with E-state index in [0.717, 1.165) is 28.3 Å². The number of hydrogen-bond donors (Lipinski definition) is 1. The Labute approximate surface area is 196 Å². The molecule has 8 heteroatoms. The number of carbonyl (C=O) groups excluding carboxylic acids is 1. The average Bonchev–Trinajstić information content (AvgIpc) is 3.41. The highest BCUT2D eigenvalue weighted by atomic mass is 32.2. The van der Waals surface area contributed by atoms with Crippen molar-refractivity contribution in [2.24, 2.45) is 5.10 Å². The molecule has 32 heavy (non-hydrogen) atoms. The zero-order valence-corrected chi connectivity index (χ0v) is 20.0. The molecule has 3 heterocycles. The van der Waals surface area contributed by atoms with Gasteiger partial charge in [0.15, 0.2) is 6.61 Å². The monoisotopic (exact) mass is 466 g/mol. The van der Waals surface area contributed by atoms with Crippen LogP contribution < -0.4 is 10.2 Å². The average molecular weight is 467 g/mol. The van der Waals surface area contributed by atoms with E-state index >= 15 is 0 Å². The van der Waals surface area contributed by atoms with Crippen LogP contribution in [0.4, 0.5) is 0 Å². The Morgan fingerprint density at radius 1 is 1.19 bits per heavy atom. The predicted molar refractivity (Wildman–Crippen MR) is 133 cm³/mol. The topological polar surface area (TPSA) is 68.5 Å². The normalized spacial score (nSPS) is 14.2. The van der Waals surface area contributed by atoms with Crippen LogP contribution in [0.15, 0.2) is 53.8 Å². The SMILES string of the molecule is Cc1ccnc(-n2c(C)cc(/C=N\NC(=O)COc3ccc(C4SCCS4)cc3)c2C)c1. The van der Waals surface area contributed by atoms with E-state index in [1.807, 2.05) is 74.6 Å². The molecule has 1 aromatic carbocycles. The van der Waals surface area contributed by atoms with Gasteiger partial charge in [0.2, 0.25) is 0 Å². The van der Waals surface area contributed by atoms with Crippen LogP contribution in [0.3, 0.4) is 0 Å². The lowest BCUT2D eigenvalue weighted by molar-refractivity contribution is -0.123. The van der Waals surface area contributed by atoms with Crippen molar-refractivity contribution in [2.45, 2.75) is 25.4 Å². The summed E-state index contributed by atoms with van der Waals surface area (Å²) in [7, 11) is 0. The Hall–Kier alpha value is -2.71. The summed E-state index contributed by atoms with van der Waals surface area (Å²) in [6.07, 6.45) is 3.45. The molecule has 0 atom stereocenters. The molecular formula is C24H26N4O2S2. The van der Waals surface area contributed by atoms with Crippen molar-refractivity contribution >= 4 is 35.6 Å². The summed E-state index contributed by atoms with van der Waals surface area (Å²) in [6.45, 7) is 5.99. The first-order valence-corrected chi connectivity index (χ1v) is 12.5. The van der Waals surface area contributed by atoms with E-state index in [9.17, 15) is 4.79 Å². The van der Waals surface area contributed by atoms with Gasteiger partial charge in [0, 0.05) is 34.7 Å². The maximum atomic E-state index is 12.1. The van der Waals surface area contributed by atoms with E-state index in [0.29, 0.717) is 10.3 Å². The second-order valence-corrected chi connectivity index (χ2v) is 10.3. The summed E-state index contributed by atoms with van der Waals surface area (Å²) in [5.41, 5.74) is 7.95. The number of hydrazone groups is 1. The Morgan fingerprint density at radius 2 is 1.94 bits per heavy atom. The van der Waals surface area contributed by atoms with E-state index in [1.54, 1.807) is 12.4 Å². The number of hydrogen-bond acceptors (Lipinski definition) is 6. The summed E-state index contributed by atoms with van der Waals surface area (Å²) in [4.78, 5) is 16.6.